The zero-order valence-electron chi connectivity index (χ0n) is 24.1. The number of carbonyl (C=O) groups is 2. The number of anilines is 1. The van der Waals surface area contributed by atoms with Crippen molar-refractivity contribution in [3.05, 3.63) is 82.9 Å². The number of amides is 2. The first-order chi connectivity index (χ1) is 20.2. The summed E-state index contributed by atoms with van der Waals surface area (Å²) >= 11 is 0. The predicted octanol–water partition coefficient (Wildman–Crippen LogP) is 5.28. The summed E-state index contributed by atoms with van der Waals surface area (Å²) in [4.78, 5) is 32.1. The van der Waals surface area contributed by atoms with Crippen LogP contribution in [0.4, 0.5) is 5.69 Å². The van der Waals surface area contributed by atoms with Gasteiger partial charge in [-0.2, -0.15) is 8.42 Å². The average Bonchev–Trinajstić information content (AvgIpc) is 2.98. The topological polar surface area (TPSA) is 113 Å². The highest BCUT2D eigenvalue weighted by atomic mass is 32.2. The number of hydrogen-bond acceptors (Lipinski definition) is 6. The number of benzene rings is 3. The number of fused-ring (bicyclic) bond motifs is 1. The second-order valence-corrected chi connectivity index (χ2v) is 12.0. The van der Waals surface area contributed by atoms with Crippen molar-refractivity contribution in [2.75, 3.05) is 30.3 Å². The molecule has 1 N–H and O–H groups in total. The monoisotopic (exact) mass is 594 g/mol. The Labute approximate surface area is 247 Å². The molecule has 9 nitrogen and oxygen atoms in total. The smallest absolute Gasteiger partial charge is 0.264 e. The van der Waals surface area contributed by atoms with E-state index in [2.05, 4.69) is 19.1 Å². The summed E-state index contributed by atoms with van der Waals surface area (Å²) < 4.78 is 36.7. The third-order valence-electron chi connectivity index (χ3n) is 7.43. The van der Waals surface area contributed by atoms with Gasteiger partial charge in [-0.25, -0.2) is 5.06 Å². The van der Waals surface area contributed by atoms with Crippen molar-refractivity contribution < 1.29 is 32.1 Å². The van der Waals surface area contributed by atoms with Gasteiger partial charge in [0.25, 0.3) is 10.1 Å². The quantitative estimate of drug-likeness (QED) is 0.117. The number of hydroxylamine groups is 2. The Bertz CT molecular complexity index is 1510. The summed E-state index contributed by atoms with van der Waals surface area (Å²) in [6.07, 6.45) is 3.31. The number of hydrogen-bond donors (Lipinski definition) is 1. The van der Waals surface area contributed by atoms with Crippen molar-refractivity contribution in [1.82, 2.24) is 5.06 Å². The van der Waals surface area contributed by atoms with Crippen LogP contribution in [0.15, 0.2) is 60.7 Å². The highest BCUT2D eigenvalue weighted by Crippen LogP contribution is 2.36. The lowest BCUT2D eigenvalue weighted by Crippen LogP contribution is -2.35. The average molecular weight is 595 g/mol. The van der Waals surface area contributed by atoms with Crippen LogP contribution in [0.5, 0.6) is 5.75 Å². The largest absolute Gasteiger partial charge is 0.493 e. The Morgan fingerprint density at radius 2 is 1.86 bits per heavy atom. The SMILES string of the molecule is Cc1cccc(OCCCC(=O)N2CCCc3c(-c4cccc(CON(C=O)CCCS(=O)(=O)O)c4)cccc32)c1C. The van der Waals surface area contributed by atoms with E-state index in [0.29, 0.717) is 32.4 Å². The number of rotatable bonds is 14. The summed E-state index contributed by atoms with van der Waals surface area (Å²) in [5, 5.41) is 1.03. The lowest BCUT2D eigenvalue weighted by molar-refractivity contribution is -0.177. The first kappa shape index (κ1) is 31.2. The standard InChI is InChI=1S/C32H38N2O7S/c1-24-9-3-15-31(25(24)2)40-19-7-16-32(36)34-18-6-13-29-28(12-5-14-30(29)34)27-11-4-10-26(21-27)22-41-33(23-35)17-8-20-42(37,38)39/h3-5,9-12,14-15,21,23H,6-8,13,16-20,22H2,1-2H3,(H,37,38,39). The van der Waals surface area contributed by atoms with Crippen molar-refractivity contribution in [2.45, 2.75) is 52.6 Å². The molecule has 0 aromatic heterocycles. The van der Waals surface area contributed by atoms with E-state index in [1.807, 2.05) is 60.4 Å². The molecule has 0 radical (unpaired) electrons. The van der Waals surface area contributed by atoms with Crippen LogP contribution in [0.2, 0.25) is 0 Å². The van der Waals surface area contributed by atoms with Crippen molar-refractivity contribution in [1.29, 1.82) is 0 Å². The molecule has 0 spiro atoms. The molecule has 0 bridgehead atoms. The van der Waals surface area contributed by atoms with E-state index >= 15 is 0 Å². The van der Waals surface area contributed by atoms with Gasteiger partial charge in [-0.15, -0.1) is 0 Å². The fraction of sp³-hybridized carbons (Fsp3) is 0.375. The lowest BCUT2D eigenvalue weighted by Gasteiger charge is -2.31. The van der Waals surface area contributed by atoms with Gasteiger partial charge in [0.2, 0.25) is 12.3 Å². The molecule has 0 saturated heterocycles. The Morgan fingerprint density at radius 3 is 2.64 bits per heavy atom. The molecule has 2 amide bonds. The molecule has 0 atom stereocenters. The van der Waals surface area contributed by atoms with E-state index in [1.165, 1.54) is 5.56 Å². The van der Waals surface area contributed by atoms with Gasteiger partial charge >= 0.3 is 0 Å². The highest BCUT2D eigenvalue weighted by Gasteiger charge is 2.24. The van der Waals surface area contributed by atoms with Crippen molar-refractivity contribution in [3.63, 3.8) is 0 Å². The molecule has 3 aromatic carbocycles. The molecule has 1 aliphatic rings. The summed E-state index contributed by atoms with van der Waals surface area (Å²) in [5.74, 6) is 0.497. The first-order valence-corrected chi connectivity index (χ1v) is 15.8. The zero-order valence-corrected chi connectivity index (χ0v) is 24.9. The van der Waals surface area contributed by atoms with E-state index in [1.54, 1.807) is 0 Å². The zero-order chi connectivity index (χ0) is 30.1. The number of aryl methyl sites for hydroxylation is 1. The van der Waals surface area contributed by atoms with Gasteiger partial charge in [0.05, 0.1) is 12.4 Å². The van der Waals surface area contributed by atoms with Crippen LogP contribution in [0.1, 0.15) is 47.9 Å². The van der Waals surface area contributed by atoms with Crippen LogP contribution in [-0.2, 0) is 37.6 Å². The van der Waals surface area contributed by atoms with E-state index in [0.717, 1.165) is 57.2 Å². The highest BCUT2D eigenvalue weighted by molar-refractivity contribution is 7.85. The molecule has 1 heterocycles. The second-order valence-electron chi connectivity index (χ2n) is 10.5. The van der Waals surface area contributed by atoms with E-state index < -0.39 is 15.9 Å². The van der Waals surface area contributed by atoms with E-state index in [4.69, 9.17) is 14.1 Å². The lowest BCUT2D eigenvalue weighted by atomic mass is 9.91. The second kappa shape index (κ2) is 14.4. The summed E-state index contributed by atoms with van der Waals surface area (Å²) in [6, 6.07) is 19.8. The minimum absolute atomic E-state index is 0.0384. The normalized spacial score (nSPS) is 13.0. The van der Waals surface area contributed by atoms with Gasteiger partial charge in [-0.3, -0.25) is 19.0 Å². The summed E-state index contributed by atoms with van der Waals surface area (Å²) in [5.41, 5.74) is 7.22. The number of nitrogens with zero attached hydrogens (tertiary/aromatic N) is 2. The van der Waals surface area contributed by atoms with Crippen molar-refractivity contribution in [2.24, 2.45) is 0 Å². The molecular formula is C32H38N2O7S. The summed E-state index contributed by atoms with van der Waals surface area (Å²) in [7, 11) is -4.10. The molecule has 0 unspecified atom stereocenters. The number of carbonyl (C=O) groups excluding carboxylic acids is 2. The molecule has 3 aromatic rings. The molecule has 0 fully saturated rings. The minimum atomic E-state index is -4.10. The molecule has 10 heteroatoms. The Morgan fingerprint density at radius 1 is 1.07 bits per heavy atom. The van der Waals surface area contributed by atoms with Crippen LogP contribution >= 0.6 is 0 Å². The fourth-order valence-electron chi connectivity index (χ4n) is 5.11. The Kier molecular flexibility index (Phi) is 10.7. The molecule has 1 aliphatic heterocycles. The van der Waals surface area contributed by atoms with Gasteiger partial charge in [0, 0.05) is 25.2 Å². The van der Waals surface area contributed by atoms with Gasteiger partial charge in [0.15, 0.2) is 0 Å². The summed E-state index contributed by atoms with van der Waals surface area (Å²) in [6.45, 7) is 5.41. The van der Waals surface area contributed by atoms with Crippen LogP contribution in [0, 0.1) is 13.8 Å². The van der Waals surface area contributed by atoms with Crippen LogP contribution in [-0.4, -0.2) is 55.8 Å². The van der Waals surface area contributed by atoms with Gasteiger partial charge < -0.3 is 9.64 Å². The first-order valence-electron chi connectivity index (χ1n) is 14.2. The molecule has 4 rings (SSSR count). The van der Waals surface area contributed by atoms with Gasteiger partial charge in [-0.05, 0) is 91.1 Å². The van der Waals surface area contributed by atoms with Crippen LogP contribution < -0.4 is 9.64 Å². The van der Waals surface area contributed by atoms with E-state index in [-0.39, 0.29) is 25.5 Å². The minimum Gasteiger partial charge on any atom is -0.493 e. The molecule has 224 valence electrons. The molecule has 0 aliphatic carbocycles. The maximum absolute atomic E-state index is 13.3. The van der Waals surface area contributed by atoms with Crippen LogP contribution in [0.25, 0.3) is 11.1 Å². The molecule has 0 saturated carbocycles. The van der Waals surface area contributed by atoms with Gasteiger partial charge in [-0.1, -0.05) is 42.5 Å². The maximum Gasteiger partial charge on any atom is 0.264 e. The predicted molar refractivity (Wildman–Crippen MR) is 162 cm³/mol. The Hall–Kier alpha value is -3.73. The van der Waals surface area contributed by atoms with Crippen molar-refractivity contribution in [3.8, 4) is 16.9 Å². The third-order valence-corrected chi connectivity index (χ3v) is 8.24. The number of ether oxygens (including phenoxy) is 1. The Balaban J connectivity index is 1.39. The fourth-order valence-corrected chi connectivity index (χ4v) is 5.61. The third kappa shape index (κ3) is 8.40. The van der Waals surface area contributed by atoms with E-state index in [9.17, 15) is 18.0 Å². The maximum atomic E-state index is 13.3. The van der Waals surface area contributed by atoms with Crippen LogP contribution in [0.3, 0.4) is 0 Å². The van der Waals surface area contributed by atoms with Gasteiger partial charge in [0.1, 0.15) is 12.4 Å². The molecule has 42 heavy (non-hydrogen) atoms. The van der Waals surface area contributed by atoms with Crippen molar-refractivity contribution >= 4 is 28.1 Å². The molecular weight excluding hydrogens is 556 g/mol.